The minimum atomic E-state index is 0.334. The zero-order chi connectivity index (χ0) is 15.1. The van der Waals surface area contributed by atoms with Gasteiger partial charge in [0.1, 0.15) is 0 Å². The molecule has 0 saturated heterocycles. The molecule has 0 amide bonds. The van der Waals surface area contributed by atoms with Gasteiger partial charge in [-0.05, 0) is 50.3 Å². The van der Waals surface area contributed by atoms with Gasteiger partial charge in [0.25, 0.3) is 0 Å². The van der Waals surface area contributed by atoms with Crippen LogP contribution in [0.15, 0.2) is 47.3 Å². The van der Waals surface area contributed by atoms with Crippen LogP contribution < -0.4 is 5.32 Å². The maximum atomic E-state index is 6.10. The van der Waals surface area contributed by atoms with Gasteiger partial charge in [0.15, 0.2) is 0 Å². The van der Waals surface area contributed by atoms with Crippen molar-refractivity contribution in [1.82, 2.24) is 10.2 Å². The van der Waals surface area contributed by atoms with E-state index < -0.39 is 0 Å². The molecule has 2 rings (SSSR count). The maximum Gasteiger partial charge on any atom is 0.0947 e. The predicted octanol–water partition coefficient (Wildman–Crippen LogP) is 4.11. The van der Waals surface area contributed by atoms with Crippen LogP contribution in [0.5, 0.6) is 0 Å². The van der Waals surface area contributed by atoms with Gasteiger partial charge in [0, 0.05) is 23.2 Å². The Morgan fingerprint density at radius 2 is 2.19 bits per heavy atom. The third-order valence-electron chi connectivity index (χ3n) is 3.53. The Bertz CT molecular complexity index is 527. The summed E-state index contributed by atoms with van der Waals surface area (Å²) in [4.78, 5) is 2.31. The molecule has 0 saturated carbocycles. The van der Waals surface area contributed by atoms with Crippen LogP contribution in [-0.4, -0.2) is 25.0 Å². The lowest BCUT2D eigenvalue weighted by Gasteiger charge is -2.22. The van der Waals surface area contributed by atoms with Crippen LogP contribution in [0, 0.1) is 0 Å². The van der Waals surface area contributed by atoms with E-state index in [1.165, 1.54) is 11.1 Å². The first-order chi connectivity index (χ1) is 10.2. The molecule has 114 valence electrons. The summed E-state index contributed by atoms with van der Waals surface area (Å²) in [5.41, 5.74) is 2.46. The third kappa shape index (κ3) is 5.20. The SMILES string of the molecule is CCNC(CCN(C)Cc1ccoc1)c1cccc(Cl)c1. The first-order valence-corrected chi connectivity index (χ1v) is 7.75. The van der Waals surface area contributed by atoms with Crippen molar-refractivity contribution >= 4 is 11.6 Å². The summed E-state index contributed by atoms with van der Waals surface area (Å²) in [7, 11) is 2.13. The second-order valence-electron chi connectivity index (χ2n) is 5.32. The molecule has 1 heterocycles. The number of nitrogens with zero attached hydrogens (tertiary/aromatic N) is 1. The summed E-state index contributed by atoms with van der Waals surface area (Å²) in [6, 6.07) is 10.5. The van der Waals surface area contributed by atoms with Crippen molar-refractivity contribution in [2.24, 2.45) is 0 Å². The van der Waals surface area contributed by atoms with Crippen molar-refractivity contribution in [3.05, 3.63) is 59.0 Å². The third-order valence-corrected chi connectivity index (χ3v) is 3.77. The van der Waals surface area contributed by atoms with E-state index in [0.29, 0.717) is 6.04 Å². The topological polar surface area (TPSA) is 28.4 Å². The van der Waals surface area contributed by atoms with E-state index in [9.17, 15) is 0 Å². The molecule has 0 aliphatic rings. The minimum absolute atomic E-state index is 0.334. The fraction of sp³-hybridized carbons (Fsp3) is 0.412. The number of hydrogen-bond donors (Lipinski definition) is 1. The average molecular weight is 307 g/mol. The van der Waals surface area contributed by atoms with Gasteiger partial charge in [0.05, 0.1) is 12.5 Å². The highest BCUT2D eigenvalue weighted by atomic mass is 35.5. The fourth-order valence-corrected chi connectivity index (χ4v) is 2.68. The highest BCUT2D eigenvalue weighted by Crippen LogP contribution is 2.21. The van der Waals surface area contributed by atoms with Crippen LogP contribution in [-0.2, 0) is 6.54 Å². The van der Waals surface area contributed by atoms with Gasteiger partial charge >= 0.3 is 0 Å². The maximum absolute atomic E-state index is 6.10. The molecular formula is C17H23ClN2O. The molecule has 0 radical (unpaired) electrons. The molecule has 1 atom stereocenters. The monoisotopic (exact) mass is 306 g/mol. The average Bonchev–Trinajstić information content (AvgIpc) is 2.96. The van der Waals surface area contributed by atoms with E-state index in [2.05, 4.69) is 30.3 Å². The first-order valence-electron chi connectivity index (χ1n) is 7.37. The Morgan fingerprint density at radius 1 is 1.33 bits per heavy atom. The lowest BCUT2D eigenvalue weighted by atomic mass is 10.0. The van der Waals surface area contributed by atoms with Crippen molar-refractivity contribution in [3.63, 3.8) is 0 Å². The largest absolute Gasteiger partial charge is 0.472 e. The molecule has 4 heteroatoms. The second kappa shape index (κ2) is 8.23. The molecule has 0 spiro atoms. The predicted molar refractivity (Wildman–Crippen MR) is 87.5 cm³/mol. The molecule has 1 aromatic carbocycles. The van der Waals surface area contributed by atoms with Crippen LogP contribution in [0.4, 0.5) is 0 Å². The van der Waals surface area contributed by atoms with Crippen LogP contribution in [0.2, 0.25) is 5.02 Å². The Balaban J connectivity index is 1.90. The number of benzene rings is 1. The molecule has 0 fully saturated rings. The Kier molecular flexibility index (Phi) is 6.30. The number of hydrogen-bond acceptors (Lipinski definition) is 3. The second-order valence-corrected chi connectivity index (χ2v) is 5.76. The van der Waals surface area contributed by atoms with Crippen LogP contribution in [0.3, 0.4) is 0 Å². The smallest absolute Gasteiger partial charge is 0.0947 e. The molecule has 1 N–H and O–H groups in total. The van der Waals surface area contributed by atoms with Gasteiger partial charge in [0.2, 0.25) is 0 Å². The standard InChI is InChI=1S/C17H23ClN2O/c1-3-19-17(15-5-4-6-16(18)11-15)7-9-20(2)12-14-8-10-21-13-14/h4-6,8,10-11,13,17,19H,3,7,9,12H2,1-2H3. The highest BCUT2D eigenvalue weighted by Gasteiger charge is 2.12. The quantitative estimate of drug-likeness (QED) is 0.795. The molecule has 0 bridgehead atoms. The van der Waals surface area contributed by atoms with Crippen molar-refractivity contribution in [1.29, 1.82) is 0 Å². The summed E-state index contributed by atoms with van der Waals surface area (Å²) in [5.74, 6) is 0. The van der Waals surface area contributed by atoms with E-state index in [4.69, 9.17) is 16.0 Å². The molecule has 0 aliphatic carbocycles. The zero-order valence-corrected chi connectivity index (χ0v) is 13.4. The number of nitrogens with one attached hydrogen (secondary N) is 1. The summed E-state index contributed by atoms with van der Waals surface area (Å²) in [6.45, 7) is 5.00. The van der Waals surface area contributed by atoms with Crippen molar-refractivity contribution in [2.75, 3.05) is 20.1 Å². The van der Waals surface area contributed by atoms with Gasteiger partial charge in [-0.1, -0.05) is 30.7 Å². The summed E-state index contributed by atoms with van der Waals surface area (Å²) < 4.78 is 5.11. The fourth-order valence-electron chi connectivity index (χ4n) is 2.48. The number of rotatable bonds is 8. The molecular weight excluding hydrogens is 284 g/mol. The molecule has 3 nitrogen and oxygen atoms in total. The van der Waals surface area contributed by atoms with E-state index in [-0.39, 0.29) is 0 Å². The van der Waals surface area contributed by atoms with E-state index in [1.807, 2.05) is 24.3 Å². The zero-order valence-electron chi connectivity index (χ0n) is 12.7. The summed E-state index contributed by atoms with van der Waals surface area (Å²) >= 11 is 6.10. The first kappa shape index (κ1) is 16.1. The van der Waals surface area contributed by atoms with Crippen LogP contribution in [0.25, 0.3) is 0 Å². The minimum Gasteiger partial charge on any atom is -0.472 e. The molecule has 1 unspecified atom stereocenters. The Hall–Kier alpha value is -1.29. The lowest BCUT2D eigenvalue weighted by Crippen LogP contribution is -2.27. The lowest BCUT2D eigenvalue weighted by molar-refractivity contribution is 0.300. The molecule has 2 aromatic rings. The van der Waals surface area contributed by atoms with Gasteiger partial charge in [-0.2, -0.15) is 0 Å². The van der Waals surface area contributed by atoms with Gasteiger partial charge in [-0.25, -0.2) is 0 Å². The van der Waals surface area contributed by atoms with E-state index in [0.717, 1.165) is 31.1 Å². The van der Waals surface area contributed by atoms with Crippen molar-refractivity contribution in [3.8, 4) is 0 Å². The Labute approximate surface area is 131 Å². The van der Waals surface area contributed by atoms with Crippen molar-refractivity contribution < 1.29 is 4.42 Å². The summed E-state index contributed by atoms with van der Waals surface area (Å²) in [5, 5.41) is 4.33. The van der Waals surface area contributed by atoms with Gasteiger partial charge in [-0.3, -0.25) is 0 Å². The van der Waals surface area contributed by atoms with Crippen molar-refractivity contribution in [2.45, 2.75) is 25.9 Å². The van der Waals surface area contributed by atoms with Crippen LogP contribution in [0.1, 0.15) is 30.5 Å². The molecule has 0 aliphatic heterocycles. The van der Waals surface area contributed by atoms with E-state index in [1.54, 1.807) is 12.5 Å². The van der Waals surface area contributed by atoms with Gasteiger partial charge in [-0.15, -0.1) is 0 Å². The van der Waals surface area contributed by atoms with E-state index >= 15 is 0 Å². The van der Waals surface area contributed by atoms with Gasteiger partial charge < -0.3 is 14.6 Å². The number of halogens is 1. The molecule has 21 heavy (non-hydrogen) atoms. The summed E-state index contributed by atoms with van der Waals surface area (Å²) in [6.07, 6.45) is 4.56. The highest BCUT2D eigenvalue weighted by molar-refractivity contribution is 6.30. The number of furan rings is 1. The Morgan fingerprint density at radius 3 is 2.86 bits per heavy atom. The molecule has 1 aromatic heterocycles. The van der Waals surface area contributed by atoms with Crippen LogP contribution >= 0.6 is 11.6 Å². The normalized spacial score (nSPS) is 12.8.